The lowest BCUT2D eigenvalue weighted by Gasteiger charge is -2.19. The maximum absolute atomic E-state index is 5.80. The van der Waals surface area contributed by atoms with Crippen molar-refractivity contribution in [2.45, 2.75) is 26.7 Å². The van der Waals surface area contributed by atoms with E-state index in [4.69, 9.17) is 11.6 Å². The molecule has 0 radical (unpaired) electrons. The number of thiophene rings is 1. The number of aromatic nitrogens is 2. The molecule has 0 bridgehead atoms. The van der Waals surface area contributed by atoms with Gasteiger partial charge in [0.1, 0.15) is 5.84 Å². The highest BCUT2D eigenvalue weighted by molar-refractivity contribution is 7.25. The van der Waals surface area contributed by atoms with Crippen LogP contribution in [0.5, 0.6) is 0 Å². The molecule has 0 saturated carbocycles. The first-order valence-corrected chi connectivity index (χ1v) is 22.0. The fraction of sp³-hybridized carbons (Fsp3) is 0.0702. The summed E-state index contributed by atoms with van der Waals surface area (Å²) in [5.41, 5.74) is 10.6. The van der Waals surface area contributed by atoms with Crippen LogP contribution in [-0.2, 0) is 6.42 Å². The number of hydrogen-bond acceptors (Lipinski definition) is 2. The second-order valence-corrected chi connectivity index (χ2v) is 17.2. The molecule has 0 saturated heterocycles. The Balaban J connectivity index is 1.27. The molecule has 0 unspecified atom stereocenters. The first-order valence-electron chi connectivity index (χ1n) is 21.2. The molecule has 3 aromatic heterocycles. The Morgan fingerprint density at radius 3 is 2.26 bits per heavy atom. The lowest BCUT2D eigenvalue weighted by atomic mass is 9.90. The average Bonchev–Trinajstić information content (AvgIpc) is 3.91. The highest BCUT2D eigenvalue weighted by Gasteiger charge is 2.27. The van der Waals surface area contributed by atoms with Gasteiger partial charge in [-0.3, -0.25) is 4.57 Å². The van der Waals surface area contributed by atoms with E-state index in [1.807, 2.05) is 11.3 Å². The number of allylic oxidation sites excluding steroid dienone is 2. The van der Waals surface area contributed by atoms with Crippen molar-refractivity contribution in [3.8, 4) is 5.69 Å². The van der Waals surface area contributed by atoms with E-state index in [9.17, 15) is 0 Å². The molecule has 3 nitrogen and oxygen atoms in total. The van der Waals surface area contributed by atoms with Crippen molar-refractivity contribution in [2.24, 2.45) is 4.99 Å². The lowest BCUT2D eigenvalue weighted by Crippen LogP contribution is -2.26. The number of para-hydroxylation sites is 2. The first-order chi connectivity index (χ1) is 30.1. The van der Waals surface area contributed by atoms with Gasteiger partial charge in [0.05, 0.1) is 22.2 Å². The molecule has 0 aliphatic carbocycles. The highest BCUT2D eigenvalue weighted by atomic mass is 32.1. The van der Waals surface area contributed by atoms with Gasteiger partial charge in [0, 0.05) is 63.5 Å². The Hall–Kier alpha value is -7.27. The summed E-state index contributed by atoms with van der Waals surface area (Å²) in [6.07, 6.45) is 3.91. The third kappa shape index (κ3) is 5.32. The van der Waals surface area contributed by atoms with Crippen LogP contribution in [0, 0.1) is 10.4 Å². The van der Waals surface area contributed by atoms with Crippen LogP contribution in [0.1, 0.15) is 31.4 Å². The third-order valence-corrected chi connectivity index (χ3v) is 14.1. The summed E-state index contributed by atoms with van der Waals surface area (Å²) < 4.78 is 7.44. The summed E-state index contributed by atoms with van der Waals surface area (Å²) in [7, 11) is 0. The molecule has 290 valence electrons. The molecule has 4 heteroatoms. The van der Waals surface area contributed by atoms with Gasteiger partial charge in [-0.2, -0.15) is 0 Å². The first kappa shape index (κ1) is 35.7. The summed E-state index contributed by atoms with van der Waals surface area (Å²) >= 11 is 1.86. The number of benzene rings is 8. The molecule has 11 aromatic rings. The van der Waals surface area contributed by atoms with Crippen LogP contribution in [0.25, 0.3) is 87.6 Å². The van der Waals surface area contributed by atoms with Gasteiger partial charge in [-0.25, -0.2) is 4.99 Å². The van der Waals surface area contributed by atoms with E-state index >= 15 is 0 Å². The smallest absolute Gasteiger partial charge is 0.146 e. The minimum atomic E-state index is 0.819. The predicted molar refractivity (Wildman–Crippen MR) is 262 cm³/mol. The van der Waals surface area contributed by atoms with E-state index in [1.54, 1.807) is 0 Å². The molecule has 4 heterocycles. The van der Waals surface area contributed by atoms with Crippen molar-refractivity contribution < 1.29 is 0 Å². The van der Waals surface area contributed by atoms with Crippen molar-refractivity contribution >= 4 is 105 Å². The molecule has 0 spiro atoms. The van der Waals surface area contributed by atoms with Crippen LogP contribution in [0.2, 0.25) is 0 Å². The summed E-state index contributed by atoms with van der Waals surface area (Å²) in [5, 5.41) is 13.0. The number of aliphatic imine (C=N–C) groups is 1. The Kier molecular flexibility index (Phi) is 8.13. The molecule has 0 atom stereocenters. The minimum Gasteiger partial charge on any atom is -0.309 e. The lowest BCUT2D eigenvalue weighted by molar-refractivity contribution is 1.01. The van der Waals surface area contributed by atoms with Crippen LogP contribution in [0.4, 0.5) is 5.69 Å². The van der Waals surface area contributed by atoms with Crippen LogP contribution in [-0.4, -0.2) is 15.0 Å². The molecular formula is C57H41N3S. The molecule has 0 amide bonds. The number of hydrogen-bond donors (Lipinski definition) is 0. The minimum absolute atomic E-state index is 0.819. The second kappa shape index (κ2) is 13.9. The van der Waals surface area contributed by atoms with Gasteiger partial charge in [0.15, 0.2) is 0 Å². The quantitative estimate of drug-likeness (QED) is 0.170. The van der Waals surface area contributed by atoms with Crippen LogP contribution < -0.4 is 10.6 Å². The predicted octanol–water partition coefficient (Wildman–Crippen LogP) is 13.8. The van der Waals surface area contributed by atoms with Gasteiger partial charge in [0.25, 0.3) is 0 Å². The van der Waals surface area contributed by atoms with E-state index in [0.717, 1.165) is 56.7 Å². The largest absolute Gasteiger partial charge is 0.309 e. The molecule has 61 heavy (non-hydrogen) atoms. The van der Waals surface area contributed by atoms with Crippen molar-refractivity contribution in [1.29, 1.82) is 0 Å². The van der Waals surface area contributed by atoms with E-state index in [2.05, 4.69) is 199 Å². The summed E-state index contributed by atoms with van der Waals surface area (Å²) in [6, 6.07) is 62.2. The standard InChI is InChI=1S/C57H41N3S/c1-4-36-17-6-9-20-41(36)53-35(3)59(50-34-40(30-32-45(50)53)60-49-26-14-11-22-43(49)44-31-29-38-18-7-10-21-42(38)56(44)60)57-54(37(5-2)33-39-19-8-13-25-48(39)58-57)47-24-16-28-52-55(47)46-23-12-15-27-51(46)61-52/h4,6-32,34H,3,5,33H2,1-2H3/b36-4-,53-41+. The number of rotatable bonds is 3. The molecule has 1 aliphatic heterocycles. The van der Waals surface area contributed by atoms with Gasteiger partial charge in [-0.05, 0) is 83.1 Å². The zero-order valence-corrected chi connectivity index (χ0v) is 34.9. The molecule has 8 aromatic carbocycles. The van der Waals surface area contributed by atoms with Crippen molar-refractivity contribution in [3.63, 3.8) is 0 Å². The van der Waals surface area contributed by atoms with Crippen LogP contribution in [0.15, 0.2) is 180 Å². The normalized spacial score (nSPS) is 14.2. The van der Waals surface area contributed by atoms with Crippen molar-refractivity contribution in [2.75, 3.05) is 0 Å². The molecule has 1 aliphatic rings. The monoisotopic (exact) mass is 799 g/mol. The summed E-state index contributed by atoms with van der Waals surface area (Å²) in [4.78, 5) is 5.80. The second-order valence-electron chi connectivity index (χ2n) is 16.1. The van der Waals surface area contributed by atoms with Gasteiger partial charge >= 0.3 is 0 Å². The maximum atomic E-state index is 5.80. The molecule has 0 N–H and O–H groups in total. The Morgan fingerprint density at radius 2 is 1.38 bits per heavy atom. The third-order valence-electron chi connectivity index (χ3n) is 12.9. The van der Waals surface area contributed by atoms with Crippen molar-refractivity contribution in [3.05, 3.63) is 208 Å². The Bertz CT molecular complexity index is 3930. The molecule has 12 rings (SSSR count). The molecule has 0 fully saturated rings. The summed E-state index contributed by atoms with van der Waals surface area (Å²) in [6.45, 7) is 9.45. The van der Waals surface area contributed by atoms with E-state index in [0.29, 0.717) is 0 Å². The van der Waals surface area contributed by atoms with Crippen LogP contribution in [0.3, 0.4) is 0 Å². The van der Waals surface area contributed by atoms with Crippen LogP contribution >= 0.6 is 11.3 Å². The molecular weight excluding hydrogens is 759 g/mol. The summed E-state index contributed by atoms with van der Waals surface area (Å²) in [5.74, 6) is 0.911. The van der Waals surface area contributed by atoms with E-state index in [1.165, 1.54) is 80.2 Å². The van der Waals surface area contributed by atoms with Gasteiger partial charge < -0.3 is 4.57 Å². The highest BCUT2D eigenvalue weighted by Crippen LogP contribution is 2.43. The van der Waals surface area contributed by atoms with Gasteiger partial charge in [-0.15, -0.1) is 11.3 Å². The fourth-order valence-corrected chi connectivity index (χ4v) is 11.3. The van der Waals surface area contributed by atoms with Gasteiger partial charge in [-0.1, -0.05) is 159 Å². The van der Waals surface area contributed by atoms with Crippen molar-refractivity contribution in [1.82, 2.24) is 9.13 Å². The zero-order chi connectivity index (χ0) is 40.8. The number of nitrogens with zero attached hydrogens (tertiary/aromatic N) is 3. The van der Waals surface area contributed by atoms with E-state index in [-0.39, 0.29) is 0 Å². The average molecular weight is 800 g/mol. The van der Waals surface area contributed by atoms with Gasteiger partial charge in [0.2, 0.25) is 0 Å². The Labute approximate surface area is 357 Å². The number of fused-ring (bicyclic) bond motifs is 10. The maximum Gasteiger partial charge on any atom is 0.146 e. The Morgan fingerprint density at radius 1 is 0.639 bits per heavy atom. The topological polar surface area (TPSA) is 22.2 Å². The fourth-order valence-electron chi connectivity index (χ4n) is 10.2. The SMILES string of the molecule is C=c1/c(=c2/cccc/c2=C/C)c2ccc(-n3c4ccccc4c4ccc5ccccc5c43)cc2n1C1=Nc2ccccc2CC(CC)=C1c1cccc2sc3ccccc3c12. The van der Waals surface area contributed by atoms with E-state index < -0.39 is 0 Å². The zero-order valence-electron chi connectivity index (χ0n) is 34.1.